The molecule has 224 valence electrons. The number of allylic oxidation sites excluding steroid dienone is 1. The highest BCUT2D eigenvalue weighted by atomic mass is 127. The number of hydrogen-bond acceptors (Lipinski definition) is 10. The molecule has 0 fully saturated rings. The van der Waals surface area contributed by atoms with E-state index in [9.17, 15) is 14.7 Å². The van der Waals surface area contributed by atoms with E-state index in [1.807, 2.05) is 19.9 Å². The van der Waals surface area contributed by atoms with Crippen molar-refractivity contribution in [1.29, 1.82) is 0 Å². The van der Waals surface area contributed by atoms with Crippen molar-refractivity contribution in [2.45, 2.75) is 33.0 Å². The van der Waals surface area contributed by atoms with Gasteiger partial charge in [-0.3, -0.25) is 5.43 Å². The lowest BCUT2D eigenvalue weighted by Crippen LogP contribution is -2.45. The Morgan fingerprint density at radius 2 is 1.90 bits per heavy atom. The molecule has 1 heterocycles. The summed E-state index contributed by atoms with van der Waals surface area (Å²) in [6.45, 7) is 6.03. The molecule has 0 saturated heterocycles. The number of halogens is 1. The molecular formula is C29H33IN4O8. The fourth-order valence-electron chi connectivity index (χ4n) is 4.00. The summed E-state index contributed by atoms with van der Waals surface area (Å²) in [6, 6.07) is 7.38. The number of amides is 2. The molecule has 2 aromatic carbocycles. The SMILES string of the molecule is C#CCOc1c(I)cc(/C=N\N[C@@H](O)COc2ccc([C@H]3NC(=O)NC(C)=C3C(=O)OC)cc2OCC)cc1OCC. The van der Waals surface area contributed by atoms with E-state index < -0.39 is 24.3 Å². The molecule has 0 aliphatic carbocycles. The van der Waals surface area contributed by atoms with Gasteiger partial charge in [-0.05, 0) is 78.8 Å². The van der Waals surface area contributed by atoms with Gasteiger partial charge in [0.05, 0.1) is 41.7 Å². The zero-order valence-corrected chi connectivity index (χ0v) is 25.8. The van der Waals surface area contributed by atoms with E-state index in [4.69, 9.17) is 30.1 Å². The average Bonchev–Trinajstić information content (AvgIpc) is 2.95. The Bertz CT molecular complexity index is 1390. The third kappa shape index (κ3) is 8.43. The molecule has 1 aliphatic rings. The number of terminal acetylenes is 1. The van der Waals surface area contributed by atoms with Crippen molar-refractivity contribution in [3.63, 3.8) is 0 Å². The van der Waals surface area contributed by atoms with E-state index >= 15 is 0 Å². The molecule has 3 rings (SSSR count). The molecule has 0 saturated carbocycles. The Morgan fingerprint density at radius 3 is 2.60 bits per heavy atom. The first kappa shape index (κ1) is 32.4. The van der Waals surface area contributed by atoms with Gasteiger partial charge < -0.3 is 39.4 Å². The minimum absolute atomic E-state index is 0.116. The van der Waals surface area contributed by atoms with Gasteiger partial charge >= 0.3 is 12.0 Å². The van der Waals surface area contributed by atoms with Crippen LogP contribution in [0.25, 0.3) is 0 Å². The topological polar surface area (TPSA) is 149 Å². The second kappa shape index (κ2) is 15.7. The van der Waals surface area contributed by atoms with Crippen molar-refractivity contribution >= 4 is 40.8 Å². The van der Waals surface area contributed by atoms with Crippen LogP contribution in [-0.2, 0) is 9.53 Å². The number of hydrogen-bond donors (Lipinski definition) is 4. The smallest absolute Gasteiger partial charge is 0.337 e. The molecule has 0 spiro atoms. The fourth-order valence-corrected chi connectivity index (χ4v) is 4.78. The third-order valence-corrected chi connectivity index (χ3v) is 6.54. The lowest BCUT2D eigenvalue weighted by Gasteiger charge is -2.28. The quantitative estimate of drug-likeness (QED) is 0.0585. The van der Waals surface area contributed by atoms with Gasteiger partial charge in [0.25, 0.3) is 0 Å². The molecular weight excluding hydrogens is 659 g/mol. The Hall–Kier alpha value is -4.16. The van der Waals surface area contributed by atoms with E-state index in [0.717, 1.165) is 3.57 Å². The third-order valence-electron chi connectivity index (χ3n) is 5.74. The van der Waals surface area contributed by atoms with E-state index in [-0.39, 0.29) is 18.8 Å². The Balaban J connectivity index is 1.69. The first-order valence-electron chi connectivity index (χ1n) is 13.0. The van der Waals surface area contributed by atoms with Crippen molar-refractivity contribution in [2.24, 2.45) is 5.10 Å². The van der Waals surface area contributed by atoms with Gasteiger partial charge in [-0.25, -0.2) is 9.59 Å². The highest BCUT2D eigenvalue weighted by Crippen LogP contribution is 2.35. The van der Waals surface area contributed by atoms with Crippen LogP contribution in [0.15, 0.2) is 46.7 Å². The maximum Gasteiger partial charge on any atom is 0.337 e. The molecule has 12 nitrogen and oxygen atoms in total. The van der Waals surface area contributed by atoms with Crippen LogP contribution in [0.4, 0.5) is 4.79 Å². The van der Waals surface area contributed by atoms with E-state index in [2.05, 4.69) is 49.7 Å². The summed E-state index contributed by atoms with van der Waals surface area (Å²) in [4.78, 5) is 24.6. The Morgan fingerprint density at radius 1 is 1.17 bits per heavy atom. The number of aliphatic hydroxyl groups is 1. The molecule has 1 aliphatic heterocycles. The molecule has 42 heavy (non-hydrogen) atoms. The molecule has 0 unspecified atom stereocenters. The van der Waals surface area contributed by atoms with Crippen LogP contribution in [-0.4, -0.2) is 63.1 Å². The minimum Gasteiger partial charge on any atom is -0.490 e. The van der Waals surface area contributed by atoms with Gasteiger partial charge in [-0.15, -0.1) is 6.42 Å². The first-order chi connectivity index (χ1) is 20.2. The second-order valence-electron chi connectivity index (χ2n) is 8.67. The molecule has 0 radical (unpaired) electrons. The maximum atomic E-state index is 12.4. The molecule has 13 heteroatoms. The summed E-state index contributed by atoms with van der Waals surface area (Å²) in [7, 11) is 1.27. The highest BCUT2D eigenvalue weighted by Gasteiger charge is 2.32. The van der Waals surface area contributed by atoms with Gasteiger partial charge in [0.1, 0.15) is 13.2 Å². The Kier molecular flexibility index (Phi) is 12.1. The highest BCUT2D eigenvalue weighted by molar-refractivity contribution is 14.1. The molecule has 0 bridgehead atoms. The molecule has 2 atom stereocenters. The molecule has 0 aromatic heterocycles. The number of rotatable bonds is 14. The van der Waals surface area contributed by atoms with E-state index in [0.29, 0.717) is 53.0 Å². The summed E-state index contributed by atoms with van der Waals surface area (Å²) in [5.74, 6) is 3.67. The summed E-state index contributed by atoms with van der Waals surface area (Å²) in [5.41, 5.74) is 4.57. The lowest BCUT2D eigenvalue weighted by molar-refractivity contribution is -0.136. The number of nitrogens with one attached hydrogen (secondary N) is 3. The number of nitrogens with zero attached hydrogens (tertiary/aromatic N) is 1. The largest absolute Gasteiger partial charge is 0.490 e. The minimum atomic E-state index is -1.15. The molecule has 2 aromatic rings. The van der Waals surface area contributed by atoms with Crippen LogP contribution in [0, 0.1) is 15.9 Å². The number of methoxy groups -OCH3 is 1. The van der Waals surface area contributed by atoms with E-state index in [1.54, 1.807) is 31.2 Å². The zero-order chi connectivity index (χ0) is 30.6. The lowest BCUT2D eigenvalue weighted by atomic mass is 9.95. The predicted molar refractivity (Wildman–Crippen MR) is 164 cm³/mol. The van der Waals surface area contributed by atoms with Crippen LogP contribution in [0.2, 0.25) is 0 Å². The van der Waals surface area contributed by atoms with Gasteiger partial charge in [0, 0.05) is 5.70 Å². The second-order valence-corrected chi connectivity index (χ2v) is 9.83. The number of carbonyl (C=O) groups is 2. The van der Waals surface area contributed by atoms with Gasteiger partial charge in [0.2, 0.25) is 0 Å². The van der Waals surface area contributed by atoms with Crippen molar-refractivity contribution in [2.75, 3.05) is 33.5 Å². The average molecular weight is 693 g/mol. The number of hydrazone groups is 1. The number of aliphatic hydroxyl groups excluding tert-OH is 1. The van der Waals surface area contributed by atoms with Gasteiger partial charge in [-0.2, -0.15) is 5.10 Å². The van der Waals surface area contributed by atoms with E-state index in [1.165, 1.54) is 13.3 Å². The van der Waals surface area contributed by atoms with Crippen molar-refractivity contribution in [3.05, 3.63) is 56.3 Å². The van der Waals surface area contributed by atoms with Crippen LogP contribution < -0.4 is 35.0 Å². The summed E-state index contributed by atoms with van der Waals surface area (Å²) in [5, 5.41) is 19.8. The fraction of sp³-hybridized carbons (Fsp3) is 0.345. The monoisotopic (exact) mass is 692 g/mol. The number of carbonyl (C=O) groups excluding carboxylic acids is 2. The number of benzene rings is 2. The van der Waals surface area contributed by atoms with Crippen LogP contribution in [0.5, 0.6) is 23.0 Å². The van der Waals surface area contributed by atoms with Crippen LogP contribution in [0.1, 0.15) is 37.9 Å². The van der Waals surface area contributed by atoms with Gasteiger partial charge in [0.15, 0.2) is 29.2 Å². The standard InChI is InChI=1S/C29H33IN4O8/c1-6-11-41-27-20(30)12-18(13-23(27)40-8-3)15-31-34-24(35)16-42-21-10-9-19(14-22(21)39-7-2)26-25(28(36)38-5)17(4)32-29(37)33-26/h1,9-10,12-15,24,26,34-35H,7-8,11,16H2,2-5H3,(H2,32,33,37)/b31-15-/t24-,26+/m0/s1. The maximum absolute atomic E-state index is 12.4. The zero-order valence-electron chi connectivity index (χ0n) is 23.7. The van der Waals surface area contributed by atoms with Crippen LogP contribution in [0.3, 0.4) is 0 Å². The van der Waals surface area contributed by atoms with Gasteiger partial charge in [-0.1, -0.05) is 12.0 Å². The summed E-state index contributed by atoms with van der Waals surface area (Å²) >= 11 is 2.12. The predicted octanol–water partition coefficient (Wildman–Crippen LogP) is 3.22. The molecule has 2 amide bonds. The normalized spacial score (nSPS) is 15.3. The molecule has 4 N–H and O–H groups in total. The number of esters is 1. The summed E-state index contributed by atoms with van der Waals surface area (Å²) < 4.78 is 28.5. The number of ether oxygens (including phenoxy) is 5. The number of urea groups is 1. The van der Waals surface area contributed by atoms with Crippen LogP contribution >= 0.6 is 22.6 Å². The van der Waals surface area contributed by atoms with Crippen molar-refractivity contribution in [3.8, 4) is 35.3 Å². The van der Waals surface area contributed by atoms with Crippen molar-refractivity contribution in [1.82, 2.24) is 16.1 Å². The summed E-state index contributed by atoms with van der Waals surface area (Å²) in [6.07, 6.45) is 5.68. The van der Waals surface area contributed by atoms with Crippen molar-refractivity contribution < 1.29 is 38.4 Å². The first-order valence-corrected chi connectivity index (χ1v) is 14.1. The Labute approximate surface area is 257 Å².